The highest BCUT2D eigenvalue weighted by molar-refractivity contribution is 5.67. The molecule has 0 amide bonds. The molecule has 0 aliphatic rings. The number of aliphatic carboxylic acids is 1. The normalized spacial score (nSPS) is 11.4. The number of carboxylic acids is 1. The van der Waals surface area contributed by atoms with Crippen LogP contribution in [-0.2, 0) is 38.0 Å². The van der Waals surface area contributed by atoms with Crippen LogP contribution in [0.5, 0.6) is 0 Å². The van der Waals surface area contributed by atoms with Crippen molar-refractivity contribution in [2.24, 2.45) is 0 Å². The number of hydrogen-bond donors (Lipinski definition) is 1. The molecule has 0 heterocycles. The maximum atomic E-state index is 10.3. The van der Waals surface area contributed by atoms with E-state index in [1.165, 1.54) is 96.3 Å². The quantitative estimate of drug-likeness (QED) is 0.0816. The van der Waals surface area contributed by atoms with Gasteiger partial charge in [-0.2, -0.15) is 0 Å². The van der Waals surface area contributed by atoms with Crippen molar-refractivity contribution in [1.82, 2.24) is 0 Å². The Balaban J connectivity index is 3.03. The summed E-state index contributed by atoms with van der Waals surface area (Å²) in [6.45, 7) is 8.70. The Morgan fingerprint density at radius 3 is 0.902 bits per heavy atom. The predicted molar refractivity (Wildman–Crippen MR) is 163 cm³/mol. The first kappa shape index (κ1) is 40.2. The van der Waals surface area contributed by atoms with Gasteiger partial charge in [-0.3, -0.25) is 0 Å². The second kappa shape index (κ2) is 37.2. The van der Waals surface area contributed by atoms with E-state index >= 15 is 0 Å². The molecule has 0 saturated heterocycles. The fourth-order valence-electron chi connectivity index (χ4n) is 4.23. The summed E-state index contributed by atoms with van der Waals surface area (Å²) in [4.78, 5) is 10.3. The van der Waals surface area contributed by atoms with Crippen LogP contribution in [0.1, 0.15) is 110 Å². The molecule has 0 radical (unpaired) electrons. The van der Waals surface area contributed by atoms with Gasteiger partial charge in [-0.05, 0) is 6.42 Å². The molecule has 0 fully saturated rings. The van der Waals surface area contributed by atoms with Crippen LogP contribution in [0.3, 0.4) is 0 Å². The van der Waals surface area contributed by atoms with E-state index in [0.29, 0.717) is 72.7 Å². The van der Waals surface area contributed by atoms with Crippen LogP contribution in [0.2, 0.25) is 0 Å². The molecule has 1 N–H and O–H groups in total. The van der Waals surface area contributed by atoms with Gasteiger partial charge < -0.3 is 38.3 Å². The third-order valence-corrected chi connectivity index (χ3v) is 6.60. The van der Waals surface area contributed by atoms with E-state index in [1.807, 2.05) is 0 Å². The van der Waals surface area contributed by atoms with Gasteiger partial charge in [-0.15, -0.1) is 0 Å². The first-order valence-electron chi connectivity index (χ1n) is 16.5. The number of unbranched alkanes of at least 4 members (excludes halogenated alkanes) is 15. The average molecular weight is 593 g/mol. The third-order valence-electron chi connectivity index (χ3n) is 6.60. The van der Waals surface area contributed by atoms with E-state index in [1.54, 1.807) is 0 Å². The Bertz CT molecular complexity index is 494. The fourth-order valence-corrected chi connectivity index (χ4v) is 4.23. The van der Waals surface area contributed by atoms with Crippen molar-refractivity contribution in [3.8, 4) is 0 Å². The molecule has 9 nitrogen and oxygen atoms in total. The maximum absolute atomic E-state index is 10.3. The fraction of sp³-hybridized carbons (Fsp3) is 0.969. The standard InChI is InChI=1S/C32H64O9/c1-2-3-4-5-6-7-8-9-10-11-12-13-14-15-16-17-18-35-19-20-36-21-22-37-23-24-38-25-26-39-27-28-40-29-30-41-31-32(33)34/h2-31H2,1H3,(H,33,34). The molecule has 246 valence electrons. The van der Waals surface area contributed by atoms with E-state index in [4.69, 9.17) is 38.3 Å². The van der Waals surface area contributed by atoms with Crippen LogP contribution < -0.4 is 0 Å². The molecule has 0 aliphatic carbocycles. The van der Waals surface area contributed by atoms with Gasteiger partial charge in [0, 0.05) is 6.61 Å². The molecule has 0 saturated carbocycles. The molecule has 0 aromatic carbocycles. The van der Waals surface area contributed by atoms with Crippen molar-refractivity contribution >= 4 is 5.97 Å². The molecule has 9 heteroatoms. The molecule has 0 spiro atoms. The Morgan fingerprint density at radius 2 is 0.610 bits per heavy atom. The first-order valence-corrected chi connectivity index (χ1v) is 16.5. The SMILES string of the molecule is CCCCCCCCCCCCCCCCCCOCCOCCOCCOCCOCCOCCOCC(=O)O. The van der Waals surface area contributed by atoms with E-state index in [-0.39, 0.29) is 13.2 Å². The molecule has 41 heavy (non-hydrogen) atoms. The summed E-state index contributed by atoms with van der Waals surface area (Å²) in [6.07, 6.45) is 22.2. The topological polar surface area (TPSA) is 102 Å². The van der Waals surface area contributed by atoms with Gasteiger partial charge in [0.1, 0.15) is 6.61 Å². The zero-order chi connectivity index (χ0) is 29.7. The lowest BCUT2D eigenvalue weighted by Crippen LogP contribution is -2.15. The monoisotopic (exact) mass is 592 g/mol. The highest BCUT2D eigenvalue weighted by Crippen LogP contribution is 2.13. The number of ether oxygens (including phenoxy) is 7. The highest BCUT2D eigenvalue weighted by atomic mass is 16.6. The number of carboxylic acid groups (broad SMARTS) is 1. The Hall–Kier alpha value is -0.810. The van der Waals surface area contributed by atoms with Crippen molar-refractivity contribution in [1.29, 1.82) is 0 Å². The van der Waals surface area contributed by atoms with Gasteiger partial charge in [0.2, 0.25) is 0 Å². The minimum absolute atomic E-state index is 0.258. The van der Waals surface area contributed by atoms with Gasteiger partial charge in [-0.25, -0.2) is 4.79 Å². The van der Waals surface area contributed by atoms with Crippen molar-refractivity contribution in [2.75, 3.05) is 92.5 Å². The minimum Gasteiger partial charge on any atom is -0.480 e. The lowest BCUT2D eigenvalue weighted by molar-refractivity contribution is -0.142. The number of rotatable bonds is 37. The lowest BCUT2D eigenvalue weighted by Gasteiger charge is -2.08. The van der Waals surface area contributed by atoms with Crippen molar-refractivity contribution < 1.29 is 43.1 Å². The second-order valence-electron chi connectivity index (χ2n) is 10.4. The Kier molecular flexibility index (Phi) is 36.5. The zero-order valence-corrected chi connectivity index (χ0v) is 26.4. The van der Waals surface area contributed by atoms with Gasteiger partial charge >= 0.3 is 5.97 Å². The van der Waals surface area contributed by atoms with Crippen molar-refractivity contribution in [3.05, 3.63) is 0 Å². The number of carbonyl (C=O) groups is 1. The summed E-state index contributed by atoms with van der Waals surface area (Å²) in [7, 11) is 0. The molecule has 0 bridgehead atoms. The second-order valence-corrected chi connectivity index (χ2v) is 10.4. The van der Waals surface area contributed by atoms with E-state index in [9.17, 15) is 4.79 Å². The molecule has 0 aromatic heterocycles. The maximum Gasteiger partial charge on any atom is 0.329 e. The molecule has 0 rings (SSSR count). The van der Waals surface area contributed by atoms with Crippen LogP contribution in [0.4, 0.5) is 0 Å². The summed E-state index contributed by atoms with van der Waals surface area (Å²) in [6, 6.07) is 0. The van der Waals surface area contributed by atoms with Gasteiger partial charge in [0.25, 0.3) is 0 Å². The minimum atomic E-state index is -0.983. The van der Waals surface area contributed by atoms with Crippen molar-refractivity contribution in [2.45, 2.75) is 110 Å². The van der Waals surface area contributed by atoms with Crippen LogP contribution in [0, 0.1) is 0 Å². The average Bonchev–Trinajstić information content (AvgIpc) is 2.97. The van der Waals surface area contributed by atoms with Crippen molar-refractivity contribution in [3.63, 3.8) is 0 Å². The van der Waals surface area contributed by atoms with E-state index in [0.717, 1.165) is 13.0 Å². The molecule has 0 aromatic rings. The Morgan fingerprint density at radius 1 is 0.366 bits per heavy atom. The largest absolute Gasteiger partial charge is 0.480 e. The number of hydrogen-bond acceptors (Lipinski definition) is 8. The molecular weight excluding hydrogens is 528 g/mol. The van der Waals surface area contributed by atoms with Gasteiger partial charge in [-0.1, -0.05) is 103 Å². The van der Waals surface area contributed by atoms with Gasteiger partial charge in [0.15, 0.2) is 0 Å². The smallest absolute Gasteiger partial charge is 0.329 e. The van der Waals surface area contributed by atoms with E-state index in [2.05, 4.69) is 6.92 Å². The predicted octanol–water partition coefficient (Wildman–Crippen LogP) is 6.45. The molecular formula is C32H64O9. The van der Waals surface area contributed by atoms with E-state index < -0.39 is 5.97 Å². The molecule has 0 unspecified atom stereocenters. The van der Waals surface area contributed by atoms with Crippen LogP contribution in [0.25, 0.3) is 0 Å². The summed E-state index contributed by atoms with van der Waals surface area (Å²) in [5.41, 5.74) is 0. The summed E-state index contributed by atoms with van der Waals surface area (Å²) in [5.74, 6) is -0.983. The summed E-state index contributed by atoms with van der Waals surface area (Å²) in [5, 5.41) is 8.42. The molecule has 0 aliphatic heterocycles. The summed E-state index contributed by atoms with van der Waals surface area (Å²) >= 11 is 0. The zero-order valence-electron chi connectivity index (χ0n) is 26.4. The summed E-state index contributed by atoms with van der Waals surface area (Å²) < 4.78 is 37.6. The third kappa shape index (κ3) is 39.2. The van der Waals surface area contributed by atoms with Crippen LogP contribution in [-0.4, -0.2) is 104 Å². The van der Waals surface area contributed by atoms with Gasteiger partial charge in [0.05, 0.1) is 79.3 Å². The molecule has 0 atom stereocenters. The lowest BCUT2D eigenvalue weighted by atomic mass is 10.0. The Labute approximate surface area is 251 Å². The van der Waals surface area contributed by atoms with Crippen LogP contribution >= 0.6 is 0 Å². The first-order chi connectivity index (χ1) is 20.3. The van der Waals surface area contributed by atoms with Crippen LogP contribution in [0.15, 0.2) is 0 Å². The highest BCUT2D eigenvalue weighted by Gasteiger charge is 1.98.